The highest BCUT2D eigenvalue weighted by atomic mass is 35.5. The number of hydrogen-bond acceptors (Lipinski definition) is 4. The van der Waals surface area contributed by atoms with Crippen molar-refractivity contribution in [1.82, 2.24) is 9.97 Å². The Balaban J connectivity index is 2.22. The van der Waals surface area contributed by atoms with Gasteiger partial charge in [-0.25, -0.2) is 4.98 Å². The van der Waals surface area contributed by atoms with Crippen LogP contribution in [-0.2, 0) is 16.0 Å². The minimum atomic E-state index is -0.262. The topological polar surface area (TPSA) is 84.0 Å². The number of aryl methyl sites for hydroxylation is 1. The van der Waals surface area contributed by atoms with E-state index in [4.69, 9.17) is 11.6 Å². The lowest BCUT2D eigenvalue weighted by atomic mass is 9.94. The van der Waals surface area contributed by atoms with E-state index >= 15 is 0 Å². The van der Waals surface area contributed by atoms with E-state index in [0.717, 1.165) is 17.7 Å². The zero-order valence-corrected chi connectivity index (χ0v) is 16.1. The van der Waals surface area contributed by atoms with Crippen LogP contribution in [0.1, 0.15) is 49.9 Å². The first-order valence-corrected chi connectivity index (χ1v) is 8.82. The Kier molecular flexibility index (Phi) is 6.69. The Morgan fingerprint density at radius 3 is 2.27 bits per heavy atom. The van der Waals surface area contributed by atoms with Gasteiger partial charge in [0.15, 0.2) is 0 Å². The third-order valence-corrected chi connectivity index (χ3v) is 4.31. The van der Waals surface area contributed by atoms with Gasteiger partial charge < -0.3 is 5.32 Å². The fraction of sp³-hybridized carbons (Fsp3) is 0.368. The maximum Gasteiger partial charge on any atom is 0.231 e. The minimum absolute atomic E-state index is 0.188. The number of rotatable bonds is 6. The molecular formula is C19H23ClN4O2. The molecule has 0 aliphatic rings. The van der Waals surface area contributed by atoms with Crippen molar-refractivity contribution in [3.8, 4) is 0 Å². The van der Waals surface area contributed by atoms with E-state index in [2.05, 4.69) is 27.5 Å². The monoisotopic (exact) mass is 374 g/mol. The van der Waals surface area contributed by atoms with E-state index in [1.54, 1.807) is 0 Å². The van der Waals surface area contributed by atoms with E-state index < -0.39 is 0 Å². The summed E-state index contributed by atoms with van der Waals surface area (Å²) in [7, 11) is 0. The molecule has 2 rings (SSSR count). The average molecular weight is 375 g/mol. The van der Waals surface area contributed by atoms with Crippen LogP contribution in [-0.4, -0.2) is 21.8 Å². The van der Waals surface area contributed by atoms with Crippen molar-refractivity contribution < 1.29 is 9.59 Å². The van der Waals surface area contributed by atoms with Crippen molar-refractivity contribution in [1.29, 1.82) is 0 Å². The summed E-state index contributed by atoms with van der Waals surface area (Å²) < 4.78 is 0. The average Bonchev–Trinajstić information content (AvgIpc) is 2.53. The largest absolute Gasteiger partial charge is 0.311 e. The lowest BCUT2D eigenvalue weighted by molar-refractivity contribution is -0.115. The van der Waals surface area contributed by atoms with Gasteiger partial charge in [0.25, 0.3) is 0 Å². The second kappa shape index (κ2) is 8.76. The molecule has 2 aromatic rings. The normalized spacial score (nSPS) is 11.7. The molecular weight excluding hydrogens is 352 g/mol. The molecule has 6 nitrogen and oxygen atoms in total. The molecule has 0 aliphatic heterocycles. The Morgan fingerprint density at radius 2 is 1.69 bits per heavy atom. The van der Waals surface area contributed by atoms with Crippen LogP contribution in [0.2, 0.25) is 5.02 Å². The summed E-state index contributed by atoms with van der Waals surface area (Å²) in [4.78, 5) is 31.4. The molecule has 1 aromatic heterocycles. The molecule has 1 unspecified atom stereocenters. The maximum absolute atomic E-state index is 11.5. The molecule has 1 atom stereocenters. The molecule has 138 valence electrons. The second-order valence-corrected chi connectivity index (χ2v) is 6.75. The van der Waals surface area contributed by atoms with Crippen molar-refractivity contribution >= 4 is 35.2 Å². The van der Waals surface area contributed by atoms with Crippen LogP contribution >= 0.6 is 11.6 Å². The van der Waals surface area contributed by atoms with Crippen molar-refractivity contribution in [3.05, 3.63) is 46.1 Å². The van der Waals surface area contributed by atoms with Crippen molar-refractivity contribution in [2.75, 3.05) is 10.6 Å². The van der Waals surface area contributed by atoms with E-state index in [-0.39, 0.29) is 17.8 Å². The lowest BCUT2D eigenvalue weighted by Crippen LogP contribution is -2.16. The molecule has 0 radical (unpaired) electrons. The predicted octanol–water partition coefficient (Wildman–Crippen LogP) is 4.09. The van der Waals surface area contributed by atoms with Gasteiger partial charge in [-0.2, -0.15) is 4.98 Å². The first kappa shape index (κ1) is 19.8. The van der Waals surface area contributed by atoms with Crippen LogP contribution in [0.3, 0.4) is 0 Å². The molecule has 2 amide bonds. The summed E-state index contributed by atoms with van der Waals surface area (Å²) in [5.74, 6) is 0.461. The SMILES string of the molecule is CC(=O)Nc1nc(C)c(CCC(C)c2ccc(Cl)cc2)c(NC(C)=O)n1. The van der Waals surface area contributed by atoms with Gasteiger partial charge in [-0.05, 0) is 43.4 Å². The van der Waals surface area contributed by atoms with Gasteiger partial charge in [0.05, 0.1) is 0 Å². The summed E-state index contributed by atoms with van der Waals surface area (Å²) in [6, 6.07) is 7.80. The van der Waals surface area contributed by atoms with Crippen LogP contribution in [0, 0.1) is 6.92 Å². The number of nitrogens with one attached hydrogen (secondary N) is 2. The van der Waals surface area contributed by atoms with Crippen molar-refractivity contribution in [2.45, 2.75) is 46.5 Å². The van der Waals surface area contributed by atoms with Gasteiger partial charge in [-0.15, -0.1) is 0 Å². The predicted molar refractivity (Wildman–Crippen MR) is 104 cm³/mol. The third kappa shape index (κ3) is 5.52. The number of carbonyl (C=O) groups excluding carboxylic acids is 2. The van der Waals surface area contributed by atoms with E-state index in [1.165, 1.54) is 19.4 Å². The molecule has 0 spiro atoms. The molecule has 0 fully saturated rings. The first-order chi connectivity index (χ1) is 12.3. The molecule has 0 saturated carbocycles. The van der Waals surface area contributed by atoms with Gasteiger partial charge in [0.1, 0.15) is 5.82 Å². The zero-order chi connectivity index (χ0) is 19.3. The van der Waals surface area contributed by atoms with E-state index in [9.17, 15) is 9.59 Å². The van der Waals surface area contributed by atoms with Crippen LogP contribution in [0.25, 0.3) is 0 Å². The molecule has 0 bridgehead atoms. The molecule has 1 heterocycles. The Morgan fingerprint density at radius 1 is 1.08 bits per heavy atom. The van der Waals surface area contributed by atoms with Crippen LogP contribution in [0.4, 0.5) is 11.8 Å². The highest BCUT2D eigenvalue weighted by Gasteiger charge is 2.15. The van der Waals surface area contributed by atoms with Crippen LogP contribution in [0.15, 0.2) is 24.3 Å². The minimum Gasteiger partial charge on any atom is -0.311 e. The third-order valence-electron chi connectivity index (χ3n) is 4.06. The number of aromatic nitrogens is 2. The molecule has 0 aliphatic carbocycles. The second-order valence-electron chi connectivity index (χ2n) is 6.31. The standard InChI is InChI=1S/C19H23ClN4O2/c1-11(15-6-8-16(20)9-7-15)5-10-17-12(2)21-19(23-14(4)26)24-18(17)22-13(3)25/h6-9,11H,5,10H2,1-4H3,(H2,21,22,23,24,25,26). The van der Waals surface area contributed by atoms with Crippen LogP contribution < -0.4 is 10.6 Å². The zero-order valence-electron chi connectivity index (χ0n) is 15.4. The Bertz CT molecular complexity index is 806. The fourth-order valence-electron chi connectivity index (χ4n) is 2.70. The van der Waals surface area contributed by atoms with Gasteiger partial charge in [0, 0.05) is 30.1 Å². The summed E-state index contributed by atoms with van der Waals surface area (Å²) >= 11 is 5.94. The highest BCUT2D eigenvalue weighted by Crippen LogP contribution is 2.26. The quantitative estimate of drug-likeness (QED) is 0.797. The summed E-state index contributed by atoms with van der Waals surface area (Å²) in [6.45, 7) is 6.80. The molecule has 1 aromatic carbocycles. The Hall–Kier alpha value is -2.47. The number of amides is 2. The number of hydrogen-bond donors (Lipinski definition) is 2. The fourth-order valence-corrected chi connectivity index (χ4v) is 2.82. The number of anilines is 2. The van der Waals surface area contributed by atoms with Crippen molar-refractivity contribution in [3.63, 3.8) is 0 Å². The number of halogens is 1. The smallest absolute Gasteiger partial charge is 0.231 e. The highest BCUT2D eigenvalue weighted by molar-refractivity contribution is 6.30. The first-order valence-electron chi connectivity index (χ1n) is 8.44. The molecule has 0 saturated heterocycles. The summed E-state index contributed by atoms with van der Waals surface area (Å²) in [5, 5.41) is 6.01. The number of benzene rings is 1. The number of nitrogens with zero attached hydrogens (tertiary/aromatic N) is 2. The van der Waals surface area contributed by atoms with E-state index in [0.29, 0.717) is 23.2 Å². The molecule has 7 heteroatoms. The van der Waals surface area contributed by atoms with Gasteiger partial charge >= 0.3 is 0 Å². The molecule has 26 heavy (non-hydrogen) atoms. The van der Waals surface area contributed by atoms with Gasteiger partial charge in [0.2, 0.25) is 17.8 Å². The van der Waals surface area contributed by atoms with Gasteiger partial charge in [-0.3, -0.25) is 14.9 Å². The maximum atomic E-state index is 11.5. The molecule has 2 N–H and O–H groups in total. The Labute approximate surface area is 158 Å². The summed E-state index contributed by atoms with van der Waals surface area (Å²) in [6.07, 6.45) is 1.56. The lowest BCUT2D eigenvalue weighted by Gasteiger charge is -2.16. The van der Waals surface area contributed by atoms with Crippen molar-refractivity contribution in [2.24, 2.45) is 0 Å². The van der Waals surface area contributed by atoms with E-state index in [1.807, 2.05) is 31.2 Å². The number of carbonyl (C=O) groups is 2. The summed E-state index contributed by atoms with van der Waals surface area (Å²) in [5.41, 5.74) is 2.80. The van der Waals surface area contributed by atoms with Crippen LogP contribution in [0.5, 0.6) is 0 Å². The van der Waals surface area contributed by atoms with Gasteiger partial charge in [-0.1, -0.05) is 30.7 Å².